The zero-order valence-electron chi connectivity index (χ0n) is 10.9. The molecule has 1 N–H and O–H groups in total. The van der Waals surface area contributed by atoms with Crippen LogP contribution in [0.15, 0.2) is 24.3 Å². The molecule has 0 aromatic heterocycles. The summed E-state index contributed by atoms with van der Waals surface area (Å²) in [6.45, 7) is 5.53. The van der Waals surface area contributed by atoms with Gasteiger partial charge in [0.15, 0.2) is 0 Å². The molecule has 18 heavy (non-hydrogen) atoms. The van der Waals surface area contributed by atoms with E-state index in [0.717, 1.165) is 39.0 Å². The van der Waals surface area contributed by atoms with Crippen molar-refractivity contribution >= 4 is 5.91 Å². The van der Waals surface area contributed by atoms with Crippen LogP contribution in [0.4, 0.5) is 0 Å². The van der Waals surface area contributed by atoms with Gasteiger partial charge in [-0.1, -0.05) is 24.3 Å². The molecule has 1 aromatic carbocycles. The zero-order valence-corrected chi connectivity index (χ0v) is 10.9. The summed E-state index contributed by atoms with van der Waals surface area (Å²) in [7, 11) is 0. The fourth-order valence-electron chi connectivity index (χ4n) is 3.05. The molecular formula is C15H20N2O. The van der Waals surface area contributed by atoms with Gasteiger partial charge in [-0.25, -0.2) is 0 Å². The van der Waals surface area contributed by atoms with Gasteiger partial charge in [0.05, 0.1) is 5.41 Å². The van der Waals surface area contributed by atoms with Crippen LogP contribution in [-0.4, -0.2) is 30.4 Å². The van der Waals surface area contributed by atoms with Crippen LogP contribution in [0.25, 0.3) is 0 Å². The third-order valence-corrected chi connectivity index (χ3v) is 4.30. The largest absolute Gasteiger partial charge is 0.338 e. The number of amides is 1. The van der Waals surface area contributed by atoms with Crippen molar-refractivity contribution in [3.05, 3.63) is 35.4 Å². The SMILES string of the molecule is CC1(C(=O)N2CCc3ccccc3C2)CCNC1. The lowest BCUT2D eigenvalue weighted by Crippen LogP contribution is -2.45. The van der Waals surface area contributed by atoms with Gasteiger partial charge >= 0.3 is 0 Å². The fourth-order valence-corrected chi connectivity index (χ4v) is 3.05. The summed E-state index contributed by atoms with van der Waals surface area (Å²) in [6, 6.07) is 8.46. The maximum atomic E-state index is 12.6. The van der Waals surface area contributed by atoms with E-state index >= 15 is 0 Å². The van der Waals surface area contributed by atoms with Crippen LogP contribution in [-0.2, 0) is 17.8 Å². The van der Waals surface area contributed by atoms with Crippen molar-refractivity contribution in [3.8, 4) is 0 Å². The molecule has 1 unspecified atom stereocenters. The molecule has 2 aliphatic heterocycles. The monoisotopic (exact) mass is 244 g/mol. The van der Waals surface area contributed by atoms with Gasteiger partial charge in [0.2, 0.25) is 5.91 Å². The summed E-state index contributed by atoms with van der Waals surface area (Å²) >= 11 is 0. The summed E-state index contributed by atoms with van der Waals surface area (Å²) in [4.78, 5) is 14.7. The lowest BCUT2D eigenvalue weighted by Gasteiger charge is -2.34. The highest BCUT2D eigenvalue weighted by Gasteiger charge is 2.39. The van der Waals surface area contributed by atoms with Gasteiger partial charge in [0, 0.05) is 19.6 Å². The number of nitrogens with zero attached hydrogens (tertiary/aromatic N) is 1. The highest BCUT2D eigenvalue weighted by Crippen LogP contribution is 2.29. The van der Waals surface area contributed by atoms with E-state index in [1.54, 1.807) is 0 Å². The highest BCUT2D eigenvalue weighted by molar-refractivity contribution is 5.83. The first-order valence-corrected chi connectivity index (χ1v) is 6.76. The lowest BCUT2D eigenvalue weighted by atomic mass is 9.87. The first kappa shape index (κ1) is 11.7. The van der Waals surface area contributed by atoms with E-state index in [9.17, 15) is 4.79 Å². The number of rotatable bonds is 1. The molecule has 0 bridgehead atoms. The van der Waals surface area contributed by atoms with E-state index in [2.05, 4.69) is 36.5 Å². The number of benzene rings is 1. The molecule has 0 spiro atoms. The Labute approximate surface area is 108 Å². The second-order valence-corrected chi connectivity index (χ2v) is 5.73. The van der Waals surface area contributed by atoms with Crippen molar-refractivity contribution < 1.29 is 4.79 Å². The van der Waals surface area contributed by atoms with Gasteiger partial charge in [-0.15, -0.1) is 0 Å². The average molecular weight is 244 g/mol. The standard InChI is InChI=1S/C15H20N2O/c1-15(7-8-16-11-15)14(18)17-9-6-12-4-2-3-5-13(12)10-17/h2-5,16H,6-11H2,1H3. The predicted octanol–water partition coefficient (Wildman–Crippen LogP) is 1.57. The molecule has 0 radical (unpaired) electrons. The van der Waals surface area contributed by atoms with Crippen molar-refractivity contribution in [2.75, 3.05) is 19.6 Å². The van der Waals surface area contributed by atoms with Crippen molar-refractivity contribution in [3.63, 3.8) is 0 Å². The molecule has 0 saturated carbocycles. The molecule has 3 rings (SSSR count). The first-order valence-electron chi connectivity index (χ1n) is 6.76. The van der Waals surface area contributed by atoms with Gasteiger partial charge in [-0.3, -0.25) is 4.79 Å². The Kier molecular flexibility index (Phi) is 2.86. The summed E-state index contributed by atoms with van der Waals surface area (Å²) < 4.78 is 0. The van der Waals surface area contributed by atoms with Crippen LogP contribution in [0, 0.1) is 5.41 Å². The Morgan fingerprint density at radius 3 is 2.83 bits per heavy atom. The summed E-state index contributed by atoms with van der Waals surface area (Å²) in [5, 5.41) is 3.30. The number of carbonyl (C=O) groups excluding carboxylic acids is 1. The molecule has 2 heterocycles. The van der Waals surface area contributed by atoms with E-state index in [4.69, 9.17) is 0 Å². The fraction of sp³-hybridized carbons (Fsp3) is 0.533. The van der Waals surface area contributed by atoms with Gasteiger partial charge in [-0.2, -0.15) is 0 Å². The van der Waals surface area contributed by atoms with Crippen molar-refractivity contribution in [2.24, 2.45) is 5.41 Å². The maximum absolute atomic E-state index is 12.6. The van der Waals surface area contributed by atoms with E-state index in [0.29, 0.717) is 5.91 Å². The number of hydrogen-bond donors (Lipinski definition) is 1. The summed E-state index contributed by atoms with van der Waals surface area (Å²) in [5.74, 6) is 0.321. The summed E-state index contributed by atoms with van der Waals surface area (Å²) in [6.07, 6.45) is 1.95. The predicted molar refractivity (Wildman–Crippen MR) is 71.2 cm³/mol. The minimum absolute atomic E-state index is 0.188. The quantitative estimate of drug-likeness (QED) is 0.813. The minimum atomic E-state index is -0.188. The maximum Gasteiger partial charge on any atom is 0.230 e. The normalized spacial score (nSPS) is 27.1. The third kappa shape index (κ3) is 1.93. The minimum Gasteiger partial charge on any atom is -0.338 e. The van der Waals surface area contributed by atoms with Crippen LogP contribution in [0.5, 0.6) is 0 Å². The molecule has 0 aliphatic carbocycles. The molecule has 2 aliphatic rings. The van der Waals surface area contributed by atoms with E-state index in [1.165, 1.54) is 11.1 Å². The van der Waals surface area contributed by atoms with E-state index in [1.807, 2.05) is 4.90 Å². The van der Waals surface area contributed by atoms with E-state index in [-0.39, 0.29) is 5.41 Å². The van der Waals surface area contributed by atoms with Crippen molar-refractivity contribution in [2.45, 2.75) is 26.3 Å². The molecule has 1 aromatic rings. The number of hydrogen-bond acceptors (Lipinski definition) is 2. The van der Waals surface area contributed by atoms with Gasteiger partial charge in [0.25, 0.3) is 0 Å². The van der Waals surface area contributed by atoms with E-state index < -0.39 is 0 Å². The van der Waals surface area contributed by atoms with Crippen LogP contribution < -0.4 is 5.32 Å². The van der Waals surface area contributed by atoms with Gasteiger partial charge in [-0.05, 0) is 37.4 Å². The Balaban J connectivity index is 1.78. The second-order valence-electron chi connectivity index (χ2n) is 5.73. The summed E-state index contributed by atoms with van der Waals surface area (Å²) in [5.41, 5.74) is 2.52. The third-order valence-electron chi connectivity index (χ3n) is 4.30. The van der Waals surface area contributed by atoms with Crippen molar-refractivity contribution in [1.82, 2.24) is 10.2 Å². The molecule has 1 fully saturated rings. The number of fused-ring (bicyclic) bond motifs is 1. The van der Waals surface area contributed by atoms with Crippen LogP contribution in [0.3, 0.4) is 0 Å². The smallest absolute Gasteiger partial charge is 0.230 e. The lowest BCUT2D eigenvalue weighted by molar-refractivity contribution is -0.141. The molecule has 1 amide bonds. The Hall–Kier alpha value is -1.35. The van der Waals surface area contributed by atoms with Crippen LogP contribution in [0.1, 0.15) is 24.5 Å². The first-order chi connectivity index (χ1) is 8.69. The van der Waals surface area contributed by atoms with Crippen LogP contribution in [0.2, 0.25) is 0 Å². The molecule has 3 nitrogen and oxygen atoms in total. The number of nitrogens with one attached hydrogen (secondary N) is 1. The molecular weight excluding hydrogens is 224 g/mol. The molecule has 3 heteroatoms. The second kappa shape index (κ2) is 4.39. The molecule has 1 saturated heterocycles. The van der Waals surface area contributed by atoms with Gasteiger partial charge in [0.1, 0.15) is 0 Å². The number of carbonyl (C=O) groups is 1. The van der Waals surface area contributed by atoms with Crippen molar-refractivity contribution in [1.29, 1.82) is 0 Å². The highest BCUT2D eigenvalue weighted by atomic mass is 16.2. The Bertz CT molecular complexity index is 463. The molecule has 96 valence electrons. The Morgan fingerprint density at radius 2 is 2.11 bits per heavy atom. The molecule has 1 atom stereocenters. The van der Waals surface area contributed by atoms with Crippen LogP contribution >= 0.6 is 0 Å². The Morgan fingerprint density at radius 1 is 1.33 bits per heavy atom. The average Bonchev–Trinajstić information content (AvgIpc) is 2.85. The zero-order chi connectivity index (χ0) is 12.6. The topological polar surface area (TPSA) is 32.3 Å². The van der Waals surface area contributed by atoms with Gasteiger partial charge < -0.3 is 10.2 Å².